The molecular formula is C27H27NO5. The monoisotopic (exact) mass is 445 g/mol. The van der Waals surface area contributed by atoms with Crippen molar-refractivity contribution in [3.8, 4) is 17.6 Å². The predicted octanol–water partition coefficient (Wildman–Crippen LogP) is 5.51. The maximum atomic E-state index is 12.9. The Morgan fingerprint density at radius 3 is 2.48 bits per heavy atom. The molecule has 2 aromatic carbocycles. The van der Waals surface area contributed by atoms with Gasteiger partial charge in [0, 0.05) is 11.6 Å². The summed E-state index contributed by atoms with van der Waals surface area (Å²) >= 11 is 0. The van der Waals surface area contributed by atoms with Gasteiger partial charge in [0.1, 0.15) is 23.7 Å². The van der Waals surface area contributed by atoms with Crippen LogP contribution in [0.15, 0.2) is 66.7 Å². The van der Waals surface area contributed by atoms with Crippen LogP contribution in [0.4, 0.5) is 0 Å². The number of hydrogen-bond acceptors (Lipinski definition) is 6. The molecule has 0 aromatic heterocycles. The van der Waals surface area contributed by atoms with Gasteiger partial charge in [-0.15, -0.1) is 0 Å². The topological polar surface area (TPSA) is 85.6 Å². The molecule has 2 aliphatic carbocycles. The van der Waals surface area contributed by atoms with Gasteiger partial charge >= 0.3 is 11.9 Å². The van der Waals surface area contributed by atoms with Gasteiger partial charge in [-0.25, -0.2) is 4.79 Å². The molecule has 0 N–H and O–H groups in total. The lowest BCUT2D eigenvalue weighted by molar-refractivity contribution is -0.150. The molecule has 2 aromatic rings. The Kier molecular flexibility index (Phi) is 6.50. The van der Waals surface area contributed by atoms with Gasteiger partial charge in [0.25, 0.3) is 0 Å². The summed E-state index contributed by atoms with van der Waals surface area (Å²) in [4.78, 5) is 24.8. The summed E-state index contributed by atoms with van der Waals surface area (Å²) in [5, 5.41) is 9.65. The highest BCUT2D eigenvalue weighted by Crippen LogP contribution is 2.59. The summed E-state index contributed by atoms with van der Waals surface area (Å²) in [6.07, 6.45) is 5.02. The molecule has 6 heteroatoms. The fourth-order valence-corrected chi connectivity index (χ4v) is 4.09. The normalized spacial score (nSPS) is 22.0. The van der Waals surface area contributed by atoms with Gasteiger partial charge in [-0.2, -0.15) is 5.26 Å². The van der Waals surface area contributed by atoms with E-state index in [1.807, 2.05) is 44.2 Å². The Morgan fingerprint density at radius 1 is 1.09 bits per heavy atom. The van der Waals surface area contributed by atoms with Crippen molar-refractivity contribution in [3.63, 3.8) is 0 Å². The maximum absolute atomic E-state index is 12.9. The molecule has 0 bridgehead atoms. The quantitative estimate of drug-likeness (QED) is 0.393. The molecule has 0 saturated heterocycles. The first-order valence-electron chi connectivity index (χ1n) is 11.2. The molecule has 0 radical (unpaired) electrons. The Morgan fingerprint density at radius 2 is 1.82 bits per heavy atom. The summed E-state index contributed by atoms with van der Waals surface area (Å²) in [6.45, 7) is 3.89. The minimum absolute atomic E-state index is 0.0214. The van der Waals surface area contributed by atoms with Crippen molar-refractivity contribution in [2.24, 2.45) is 17.3 Å². The molecule has 0 aliphatic heterocycles. The third-order valence-corrected chi connectivity index (χ3v) is 6.43. The molecule has 0 amide bonds. The summed E-state index contributed by atoms with van der Waals surface area (Å²) in [6, 6.07) is 18.3. The van der Waals surface area contributed by atoms with Crippen LogP contribution in [0.5, 0.6) is 11.5 Å². The lowest BCUT2D eigenvalue weighted by Gasteiger charge is -2.24. The van der Waals surface area contributed by atoms with E-state index in [0.29, 0.717) is 17.1 Å². The Hall–Kier alpha value is -3.59. The number of para-hydroxylation sites is 1. The first kappa shape index (κ1) is 22.6. The summed E-state index contributed by atoms with van der Waals surface area (Å²) in [7, 11) is 0. The number of ether oxygens (including phenoxy) is 3. The van der Waals surface area contributed by atoms with Gasteiger partial charge in [0.2, 0.25) is 6.10 Å². The van der Waals surface area contributed by atoms with Gasteiger partial charge in [-0.05, 0) is 54.9 Å². The number of carbonyl (C=O) groups is 2. The SMILES string of the molecule is CC1(C)[C@H](C(=O)O[C@H](C#N)c2cccc(Oc3ccccc3)c2)[C@@H]1C=CC(=O)OC1CCC1. The van der Waals surface area contributed by atoms with Crippen LogP contribution in [0.25, 0.3) is 0 Å². The molecule has 0 spiro atoms. The number of nitrogens with zero attached hydrogens (tertiary/aromatic N) is 1. The van der Waals surface area contributed by atoms with Crippen molar-refractivity contribution >= 4 is 11.9 Å². The minimum Gasteiger partial charge on any atom is -0.459 e. The van der Waals surface area contributed by atoms with Crippen molar-refractivity contribution in [1.29, 1.82) is 5.26 Å². The van der Waals surface area contributed by atoms with Crippen molar-refractivity contribution < 1.29 is 23.8 Å². The van der Waals surface area contributed by atoms with E-state index in [-0.39, 0.29) is 23.4 Å². The molecule has 6 nitrogen and oxygen atoms in total. The smallest absolute Gasteiger partial charge is 0.330 e. The fourth-order valence-electron chi connectivity index (χ4n) is 4.09. The molecule has 2 saturated carbocycles. The maximum Gasteiger partial charge on any atom is 0.330 e. The zero-order valence-electron chi connectivity index (χ0n) is 18.8. The van der Waals surface area contributed by atoms with Gasteiger partial charge in [-0.1, -0.05) is 50.3 Å². The van der Waals surface area contributed by atoms with E-state index >= 15 is 0 Å². The number of nitriles is 1. The van der Waals surface area contributed by atoms with E-state index in [9.17, 15) is 14.9 Å². The number of esters is 2. The van der Waals surface area contributed by atoms with Crippen molar-refractivity contribution in [3.05, 3.63) is 72.3 Å². The van der Waals surface area contributed by atoms with Gasteiger partial charge in [0.15, 0.2) is 0 Å². The predicted molar refractivity (Wildman–Crippen MR) is 121 cm³/mol. The van der Waals surface area contributed by atoms with E-state index in [1.165, 1.54) is 6.08 Å². The zero-order valence-corrected chi connectivity index (χ0v) is 18.8. The number of carbonyl (C=O) groups excluding carboxylic acids is 2. The van der Waals surface area contributed by atoms with E-state index in [1.54, 1.807) is 30.3 Å². The lowest BCUT2D eigenvalue weighted by Crippen LogP contribution is -2.24. The second-order valence-corrected chi connectivity index (χ2v) is 9.11. The largest absolute Gasteiger partial charge is 0.459 e. The van der Waals surface area contributed by atoms with Crippen LogP contribution in [-0.2, 0) is 19.1 Å². The first-order chi connectivity index (χ1) is 15.9. The third kappa shape index (κ3) is 5.25. The highest BCUT2D eigenvalue weighted by Gasteiger charge is 2.61. The van der Waals surface area contributed by atoms with E-state index < -0.39 is 18.0 Å². The van der Waals surface area contributed by atoms with E-state index in [0.717, 1.165) is 19.3 Å². The zero-order chi connectivity index (χ0) is 23.4. The highest BCUT2D eigenvalue weighted by molar-refractivity contribution is 5.83. The number of benzene rings is 2. The lowest BCUT2D eigenvalue weighted by atomic mass is 9.96. The van der Waals surface area contributed by atoms with Crippen molar-refractivity contribution in [1.82, 2.24) is 0 Å². The Balaban J connectivity index is 1.38. The van der Waals surface area contributed by atoms with E-state index in [4.69, 9.17) is 14.2 Å². The molecule has 0 unspecified atom stereocenters. The van der Waals surface area contributed by atoms with Crippen LogP contribution in [0, 0.1) is 28.6 Å². The fraction of sp³-hybridized carbons (Fsp3) is 0.370. The average molecular weight is 446 g/mol. The van der Waals surface area contributed by atoms with Gasteiger partial charge in [0.05, 0.1) is 5.92 Å². The second kappa shape index (κ2) is 9.50. The summed E-state index contributed by atoms with van der Waals surface area (Å²) in [5.41, 5.74) is 0.177. The Labute approximate surface area is 193 Å². The number of hydrogen-bond donors (Lipinski definition) is 0. The summed E-state index contributed by atoms with van der Waals surface area (Å²) in [5.74, 6) is -0.184. The van der Waals surface area contributed by atoms with Crippen LogP contribution in [-0.4, -0.2) is 18.0 Å². The third-order valence-electron chi connectivity index (χ3n) is 6.43. The second-order valence-electron chi connectivity index (χ2n) is 9.11. The Bertz CT molecular complexity index is 1080. The molecule has 2 aliphatic rings. The van der Waals surface area contributed by atoms with E-state index in [2.05, 4.69) is 6.07 Å². The highest BCUT2D eigenvalue weighted by atomic mass is 16.5. The molecule has 0 heterocycles. The molecular weight excluding hydrogens is 418 g/mol. The number of rotatable bonds is 8. The molecule has 33 heavy (non-hydrogen) atoms. The average Bonchev–Trinajstić information content (AvgIpc) is 3.34. The number of allylic oxidation sites excluding steroid dienone is 1. The first-order valence-corrected chi connectivity index (χ1v) is 11.2. The standard InChI is InChI=1S/C27H27NO5/c1-27(2)22(14-15-24(29)32-20-11-7-12-20)25(27)26(30)33-23(17-28)18-8-6-13-21(16-18)31-19-9-4-3-5-10-19/h3-6,8-10,13-16,20,22-23,25H,7,11-12H2,1-2H3/t22-,23+,25-/m0/s1. The molecule has 3 atom stereocenters. The molecule has 4 rings (SSSR count). The molecule has 2 fully saturated rings. The molecule has 170 valence electrons. The minimum atomic E-state index is -1.05. The van der Waals surface area contributed by atoms with Gasteiger partial charge < -0.3 is 14.2 Å². The van der Waals surface area contributed by atoms with Crippen molar-refractivity contribution in [2.75, 3.05) is 0 Å². The summed E-state index contributed by atoms with van der Waals surface area (Å²) < 4.78 is 16.7. The van der Waals surface area contributed by atoms with Crippen LogP contribution in [0.2, 0.25) is 0 Å². The van der Waals surface area contributed by atoms with Crippen molar-refractivity contribution in [2.45, 2.75) is 45.3 Å². The van der Waals surface area contributed by atoms with Gasteiger partial charge in [-0.3, -0.25) is 4.79 Å². The van der Waals surface area contributed by atoms with Crippen LogP contribution in [0.3, 0.4) is 0 Å². The van der Waals surface area contributed by atoms with Crippen LogP contribution >= 0.6 is 0 Å². The van der Waals surface area contributed by atoms with Crippen LogP contribution < -0.4 is 4.74 Å². The van der Waals surface area contributed by atoms with Crippen LogP contribution in [0.1, 0.15) is 44.8 Å².